The molecule has 2 N–H and O–H groups in total. The minimum Gasteiger partial charge on any atom is -0.481 e. The predicted molar refractivity (Wildman–Crippen MR) is 111 cm³/mol. The van der Waals surface area contributed by atoms with E-state index < -0.39 is 21.9 Å². The number of benzene rings is 2. The van der Waals surface area contributed by atoms with Crippen LogP contribution in [0, 0.1) is 5.92 Å². The van der Waals surface area contributed by atoms with Gasteiger partial charge in [-0.2, -0.15) is 0 Å². The van der Waals surface area contributed by atoms with Crippen LogP contribution in [0.25, 0.3) is 5.69 Å². The van der Waals surface area contributed by atoms with Crippen LogP contribution in [-0.2, 0) is 19.6 Å². The number of rotatable bonds is 6. The van der Waals surface area contributed by atoms with Crippen LogP contribution in [0.5, 0.6) is 0 Å². The average molecular weight is 425 g/mol. The molecule has 1 amide bonds. The fourth-order valence-electron chi connectivity index (χ4n) is 3.38. The fourth-order valence-corrected chi connectivity index (χ4v) is 4.43. The van der Waals surface area contributed by atoms with E-state index in [2.05, 4.69) is 4.72 Å². The van der Waals surface area contributed by atoms with Gasteiger partial charge in [0.25, 0.3) is 10.0 Å². The van der Waals surface area contributed by atoms with Gasteiger partial charge in [0.2, 0.25) is 5.91 Å². The summed E-state index contributed by atoms with van der Waals surface area (Å²) < 4.78 is 29.9. The highest BCUT2D eigenvalue weighted by Crippen LogP contribution is 2.27. The Kier molecular flexibility index (Phi) is 5.04. The molecule has 154 valence electrons. The molecule has 3 aromatic rings. The summed E-state index contributed by atoms with van der Waals surface area (Å²) in [7, 11) is -3.83. The number of carbonyl (C=O) groups is 2. The van der Waals surface area contributed by atoms with Crippen molar-refractivity contribution in [1.82, 2.24) is 4.57 Å². The first-order valence-corrected chi connectivity index (χ1v) is 10.7. The zero-order valence-electron chi connectivity index (χ0n) is 15.8. The highest BCUT2D eigenvalue weighted by molar-refractivity contribution is 7.92. The molecule has 8 nitrogen and oxygen atoms in total. The molecule has 0 bridgehead atoms. The number of carboxylic acid groups (broad SMARTS) is 1. The van der Waals surface area contributed by atoms with E-state index in [1.807, 2.05) is 35.2 Å². The number of nitrogens with zero attached hydrogens (tertiary/aromatic N) is 2. The van der Waals surface area contributed by atoms with Gasteiger partial charge in [-0.1, -0.05) is 6.07 Å². The number of amides is 1. The van der Waals surface area contributed by atoms with Crippen molar-refractivity contribution < 1.29 is 23.1 Å². The Hall–Kier alpha value is -3.59. The Morgan fingerprint density at radius 1 is 1.00 bits per heavy atom. The smallest absolute Gasteiger partial charge is 0.308 e. The second kappa shape index (κ2) is 7.68. The number of aliphatic carboxylic acids is 1. The van der Waals surface area contributed by atoms with Crippen molar-refractivity contribution in [2.45, 2.75) is 11.3 Å². The van der Waals surface area contributed by atoms with Crippen LogP contribution in [0.4, 0.5) is 11.4 Å². The molecule has 1 saturated heterocycles. The molecule has 1 unspecified atom stereocenters. The molecule has 1 aromatic heterocycles. The van der Waals surface area contributed by atoms with Gasteiger partial charge in [-0.25, -0.2) is 8.42 Å². The number of nitrogens with one attached hydrogen (secondary N) is 1. The number of hydrogen-bond acceptors (Lipinski definition) is 4. The number of sulfonamides is 1. The summed E-state index contributed by atoms with van der Waals surface area (Å²) in [6.45, 7) is 0.0741. The first kappa shape index (κ1) is 19.7. The Balaban J connectivity index is 1.52. The third kappa shape index (κ3) is 3.92. The van der Waals surface area contributed by atoms with Crippen molar-refractivity contribution in [2.24, 2.45) is 5.92 Å². The van der Waals surface area contributed by atoms with Crippen molar-refractivity contribution in [3.8, 4) is 5.69 Å². The maximum atomic E-state index is 12.8. The van der Waals surface area contributed by atoms with E-state index in [4.69, 9.17) is 5.11 Å². The predicted octanol–water partition coefficient (Wildman–Crippen LogP) is 2.72. The number of carboxylic acids is 1. The van der Waals surface area contributed by atoms with E-state index in [0.29, 0.717) is 11.4 Å². The van der Waals surface area contributed by atoms with Crippen LogP contribution < -0.4 is 9.62 Å². The Bertz CT molecular complexity index is 1190. The first-order valence-electron chi connectivity index (χ1n) is 9.23. The summed E-state index contributed by atoms with van der Waals surface area (Å²) in [5.74, 6) is -2.07. The van der Waals surface area contributed by atoms with E-state index in [1.165, 1.54) is 29.2 Å². The van der Waals surface area contributed by atoms with Crippen molar-refractivity contribution in [1.29, 1.82) is 0 Å². The molecular formula is C21H19N3O5S. The summed E-state index contributed by atoms with van der Waals surface area (Å²) in [4.78, 5) is 24.6. The van der Waals surface area contributed by atoms with Gasteiger partial charge in [0.05, 0.1) is 16.5 Å². The SMILES string of the molecule is O=C(O)C1CC(=O)N(c2ccc(S(=O)(=O)Nc3cccc(-n4cccc4)c3)cc2)C1. The third-order valence-corrected chi connectivity index (χ3v) is 6.33. The summed E-state index contributed by atoms with van der Waals surface area (Å²) >= 11 is 0. The molecule has 2 aromatic carbocycles. The first-order chi connectivity index (χ1) is 14.3. The lowest BCUT2D eigenvalue weighted by Crippen LogP contribution is -2.25. The van der Waals surface area contributed by atoms with Crippen LogP contribution in [0.15, 0.2) is 78.0 Å². The van der Waals surface area contributed by atoms with Crippen LogP contribution in [-0.4, -0.2) is 36.5 Å². The van der Waals surface area contributed by atoms with Gasteiger partial charge >= 0.3 is 5.97 Å². The normalized spacial score (nSPS) is 16.6. The molecule has 2 heterocycles. The van der Waals surface area contributed by atoms with E-state index in [9.17, 15) is 18.0 Å². The zero-order valence-corrected chi connectivity index (χ0v) is 16.6. The van der Waals surface area contributed by atoms with Gasteiger partial charge in [-0.3, -0.25) is 14.3 Å². The van der Waals surface area contributed by atoms with Crippen LogP contribution in [0.2, 0.25) is 0 Å². The molecular weight excluding hydrogens is 406 g/mol. The van der Waals surface area contributed by atoms with Crippen molar-refractivity contribution in [2.75, 3.05) is 16.2 Å². The van der Waals surface area contributed by atoms with Gasteiger partial charge in [-0.15, -0.1) is 0 Å². The van der Waals surface area contributed by atoms with E-state index in [0.717, 1.165) is 5.69 Å². The van der Waals surface area contributed by atoms with Gasteiger partial charge in [0, 0.05) is 36.7 Å². The molecule has 0 spiro atoms. The molecule has 1 atom stereocenters. The summed E-state index contributed by atoms with van der Waals surface area (Å²) in [5.41, 5.74) is 1.71. The second-order valence-electron chi connectivity index (χ2n) is 6.98. The average Bonchev–Trinajstić information content (AvgIpc) is 3.38. The quantitative estimate of drug-likeness (QED) is 0.631. The van der Waals surface area contributed by atoms with Crippen LogP contribution >= 0.6 is 0 Å². The monoisotopic (exact) mass is 425 g/mol. The largest absolute Gasteiger partial charge is 0.481 e. The van der Waals surface area contributed by atoms with Gasteiger partial charge in [0.1, 0.15) is 0 Å². The van der Waals surface area contributed by atoms with Crippen LogP contribution in [0.1, 0.15) is 6.42 Å². The highest BCUT2D eigenvalue weighted by Gasteiger charge is 2.35. The summed E-state index contributed by atoms with van der Waals surface area (Å²) in [6, 6.07) is 16.6. The van der Waals surface area contributed by atoms with E-state index >= 15 is 0 Å². The molecule has 0 saturated carbocycles. The number of aromatic nitrogens is 1. The van der Waals surface area contributed by atoms with Gasteiger partial charge in [0.15, 0.2) is 0 Å². The molecule has 1 aliphatic rings. The van der Waals surface area contributed by atoms with Crippen molar-refractivity contribution in [3.63, 3.8) is 0 Å². The Morgan fingerprint density at radius 3 is 2.33 bits per heavy atom. The lowest BCUT2D eigenvalue weighted by molar-refractivity contribution is -0.141. The number of carbonyl (C=O) groups excluding carboxylic acids is 1. The van der Waals surface area contributed by atoms with Crippen LogP contribution in [0.3, 0.4) is 0 Å². The minimum atomic E-state index is -3.83. The number of hydrogen-bond donors (Lipinski definition) is 2. The molecule has 1 aliphatic heterocycles. The Morgan fingerprint density at radius 2 is 1.70 bits per heavy atom. The van der Waals surface area contributed by atoms with E-state index in [1.54, 1.807) is 18.2 Å². The fraction of sp³-hybridized carbons (Fsp3) is 0.143. The van der Waals surface area contributed by atoms with Gasteiger partial charge < -0.3 is 14.6 Å². The summed E-state index contributed by atoms with van der Waals surface area (Å²) in [5, 5.41) is 9.10. The zero-order chi connectivity index (χ0) is 21.3. The van der Waals surface area contributed by atoms with Gasteiger partial charge in [-0.05, 0) is 54.6 Å². The van der Waals surface area contributed by atoms with Crippen molar-refractivity contribution >= 4 is 33.3 Å². The second-order valence-corrected chi connectivity index (χ2v) is 8.67. The number of anilines is 2. The lowest BCUT2D eigenvalue weighted by Gasteiger charge is -2.17. The Labute approximate surface area is 173 Å². The topological polar surface area (TPSA) is 109 Å². The summed E-state index contributed by atoms with van der Waals surface area (Å²) in [6.07, 6.45) is 3.66. The molecule has 9 heteroatoms. The van der Waals surface area contributed by atoms with E-state index in [-0.39, 0.29) is 23.8 Å². The molecule has 1 fully saturated rings. The van der Waals surface area contributed by atoms with Crippen molar-refractivity contribution in [3.05, 3.63) is 73.1 Å². The minimum absolute atomic E-state index is 0.0408. The maximum absolute atomic E-state index is 12.8. The third-order valence-electron chi connectivity index (χ3n) is 4.93. The molecule has 30 heavy (non-hydrogen) atoms. The lowest BCUT2D eigenvalue weighted by atomic mass is 10.1. The molecule has 0 aliphatic carbocycles. The standard InChI is InChI=1S/C21H19N3O5S/c25-20-12-15(21(26)27)14-24(20)17-6-8-19(9-7-17)30(28,29)22-16-4-3-5-18(13-16)23-10-1-2-11-23/h1-11,13,15,22H,12,14H2,(H,26,27). The molecule has 4 rings (SSSR count). The highest BCUT2D eigenvalue weighted by atomic mass is 32.2. The molecule has 0 radical (unpaired) electrons. The maximum Gasteiger partial charge on any atom is 0.308 e.